The van der Waals surface area contributed by atoms with Gasteiger partial charge in [0.15, 0.2) is 0 Å². The number of likely N-dealkylation sites (N-methyl/N-ethyl adjacent to an activating group) is 1. The molecule has 4 heteroatoms. The van der Waals surface area contributed by atoms with E-state index in [2.05, 4.69) is 21.2 Å². The van der Waals surface area contributed by atoms with E-state index in [4.69, 9.17) is 4.74 Å². The van der Waals surface area contributed by atoms with E-state index in [0.717, 1.165) is 17.7 Å². The van der Waals surface area contributed by atoms with Gasteiger partial charge in [-0.25, -0.2) is 4.39 Å². The zero-order chi connectivity index (χ0) is 14.5. The second-order valence-corrected chi connectivity index (χ2v) is 5.42. The van der Waals surface area contributed by atoms with Gasteiger partial charge >= 0.3 is 0 Å². The van der Waals surface area contributed by atoms with Crippen molar-refractivity contribution in [1.82, 2.24) is 5.32 Å². The number of rotatable bonds is 5. The van der Waals surface area contributed by atoms with Crippen molar-refractivity contribution >= 4 is 15.9 Å². The second kappa shape index (κ2) is 6.86. The minimum atomic E-state index is -0.243. The van der Waals surface area contributed by atoms with Crippen LogP contribution in [0.15, 0.2) is 46.9 Å². The Morgan fingerprint density at radius 2 is 1.90 bits per heavy atom. The number of hydrogen-bond donors (Lipinski definition) is 1. The molecule has 0 bridgehead atoms. The number of hydrogen-bond acceptors (Lipinski definition) is 2. The zero-order valence-corrected chi connectivity index (χ0v) is 13.1. The summed E-state index contributed by atoms with van der Waals surface area (Å²) < 4.78 is 18.9. The summed E-state index contributed by atoms with van der Waals surface area (Å²) in [7, 11) is 3.56. The lowest BCUT2D eigenvalue weighted by atomic mass is 9.99. The first kappa shape index (κ1) is 15.0. The molecule has 2 nitrogen and oxygen atoms in total. The molecule has 0 saturated carbocycles. The van der Waals surface area contributed by atoms with Gasteiger partial charge in [0, 0.05) is 6.04 Å². The Morgan fingerprint density at radius 3 is 2.45 bits per heavy atom. The molecule has 0 radical (unpaired) electrons. The van der Waals surface area contributed by atoms with E-state index in [1.165, 1.54) is 11.6 Å². The van der Waals surface area contributed by atoms with Gasteiger partial charge in [0.2, 0.25) is 0 Å². The lowest BCUT2D eigenvalue weighted by molar-refractivity contribution is 0.414. The molecule has 20 heavy (non-hydrogen) atoms. The highest BCUT2D eigenvalue weighted by atomic mass is 79.9. The third kappa shape index (κ3) is 3.58. The Hall–Kier alpha value is -1.39. The Bertz CT molecular complexity index is 571. The van der Waals surface area contributed by atoms with Crippen molar-refractivity contribution in [2.75, 3.05) is 14.2 Å². The predicted octanol–water partition coefficient (Wildman–Crippen LogP) is 4.10. The highest BCUT2D eigenvalue weighted by Crippen LogP contribution is 2.24. The number of benzene rings is 2. The summed E-state index contributed by atoms with van der Waals surface area (Å²) in [6, 6.07) is 13.2. The van der Waals surface area contributed by atoms with Crippen LogP contribution in [0.2, 0.25) is 0 Å². The summed E-state index contributed by atoms with van der Waals surface area (Å²) in [5.41, 5.74) is 2.25. The molecule has 1 unspecified atom stereocenters. The van der Waals surface area contributed by atoms with Crippen LogP contribution in [0.1, 0.15) is 17.2 Å². The average Bonchev–Trinajstić information content (AvgIpc) is 2.48. The Balaban J connectivity index is 2.16. The second-order valence-electron chi connectivity index (χ2n) is 4.57. The minimum absolute atomic E-state index is 0.139. The monoisotopic (exact) mass is 337 g/mol. The van der Waals surface area contributed by atoms with E-state index < -0.39 is 0 Å². The highest BCUT2D eigenvalue weighted by Gasteiger charge is 2.12. The van der Waals surface area contributed by atoms with Crippen LogP contribution >= 0.6 is 15.9 Å². The van der Waals surface area contributed by atoms with E-state index in [0.29, 0.717) is 4.47 Å². The van der Waals surface area contributed by atoms with Gasteiger partial charge < -0.3 is 10.1 Å². The van der Waals surface area contributed by atoms with Gasteiger partial charge in [0.1, 0.15) is 11.6 Å². The SMILES string of the molecule is CNC(Cc1ccc(OC)cc1)c1ccc(F)c(Br)c1. The maximum atomic E-state index is 13.3. The third-order valence-electron chi connectivity index (χ3n) is 3.29. The summed E-state index contributed by atoms with van der Waals surface area (Å²) in [5.74, 6) is 0.604. The minimum Gasteiger partial charge on any atom is -0.497 e. The summed E-state index contributed by atoms with van der Waals surface area (Å²) >= 11 is 3.23. The van der Waals surface area contributed by atoms with Crippen LogP contribution < -0.4 is 10.1 Å². The molecule has 0 saturated heterocycles. The fourth-order valence-corrected chi connectivity index (χ4v) is 2.51. The Morgan fingerprint density at radius 1 is 1.20 bits per heavy atom. The Labute approximate surface area is 127 Å². The van der Waals surface area contributed by atoms with E-state index >= 15 is 0 Å². The van der Waals surface area contributed by atoms with Crippen molar-refractivity contribution in [3.05, 3.63) is 63.9 Å². The topological polar surface area (TPSA) is 21.3 Å². The number of nitrogens with one attached hydrogen (secondary N) is 1. The van der Waals surface area contributed by atoms with E-state index in [9.17, 15) is 4.39 Å². The normalized spacial score (nSPS) is 12.2. The molecule has 0 aliphatic carbocycles. The molecular weight excluding hydrogens is 321 g/mol. The standard InChI is InChI=1S/C16H17BrFNO/c1-19-16(12-5-8-15(18)14(17)10-12)9-11-3-6-13(20-2)7-4-11/h3-8,10,16,19H,9H2,1-2H3. The van der Waals surface area contributed by atoms with Gasteiger partial charge in [-0.3, -0.25) is 0 Å². The van der Waals surface area contributed by atoms with E-state index in [-0.39, 0.29) is 11.9 Å². The maximum absolute atomic E-state index is 13.3. The molecular formula is C16H17BrFNO. The first-order valence-electron chi connectivity index (χ1n) is 6.39. The summed E-state index contributed by atoms with van der Waals surface area (Å²) in [5, 5.41) is 3.27. The van der Waals surface area contributed by atoms with Gasteiger partial charge in [0.25, 0.3) is 0 Å². The fraction of sp³-hybridized carbons (Fsp3) is 0.250. The largest absolute Gasteiger partial charge is 0.497 e. The molecule has 0 aromatic heterocycles. The van der Waals surface area contributed by atoms with Crippen molar-refractivity contribution in [2.24, 2.45) is 0 Å². The van der Waals surface area contributed by atoms with Gasteiger partial charge in [0.05, 0.1) is 11.6 Å². The molecule has 2 aromatic carbocycles. The van der Waals surface area contributed by atoms with Crippen molar-refractivity contribution in [3.8, 4) is 5.75 Å². The van der Waals surface area contributed by atoms with Crippen molar-refractivity contribution in [3.63, 3.8) is 0 Å². The molecule has 2 aromatic rings. The predicted molar refractivity (Wildman–Crippen MR) is 82.6 cm³/mol. The quantitative estimate of drug-likeness (QED) is 0.886. The molecule has 0 amide bonds. The molecule has 106 valence electrons. The molecule has 0 spiro atoms. The maximum Gasteiger partial charge on any atom is 0.137 e. The van der Waals surface area contributed by atoms with E-state index in [1.54, 1.807) is 7.11 Å². The molecule has 0 heterocycles. The van der Waals surface area contributed by atoms with Gasteiger partial charge in [-0.05, 0) is 64.8 Å². The number of methoxy groups -OCH3 is 1. The lowest BCUT2D eigenvalue weighted by Gasteiger charge is -2.17. The van der Waals surface area contributed by atoms with Gasteiger partial charge in [-0.2, -0.15) is 0 Å². The molecule has 0 fully saturated rings. The fourth-order valence-electron chi connectivity index (χ4n) is 2.11. The van der Waals surface area contributed by atoms with Crippen LogP contribution in [0.4, 0.5) is 4.39 Å². The number of halogens is 2. The van der Waals surface area contributed by atoms with Crippen LogP contribution in [0.25, 0.3) is 0 Å². The van der Waals surface area contributed by atoms with Crippen LogP contribution in [0, 0.1) is 5.82 Å². The first-order chi connectivity index (χ1) is 9.63. The van der Waals surface area contributed by atoms with Crippen LogP contribution in [-0.4, -0.2) is 14.2 Å². The summed E-state index contributed by atoms with van der Waals surface area (Å²) in [6.45, 7) is 0. The van der Waals surface area contributed by atoms with E-state index in [1.807, 2.05) is 43.4 Å². The summed E-state index contributed by atoms with van der Waals surface area (Å²) in [6.07, 6.45) is 0.832. The molecule has 2 rings (SSSR count). The van der Waals surface area contributed by atoms with Gasteiger partial charge in [-0.1, -0.05) is 18.2 Å². The summed E-state index contributed by atoms with van der Waals surface area (Å²) in [4.78, 5) is 0. The van der Waals surface area contributed by atoms with Crippen molar-refractivity contribution in [1.29, 1.82) is 0 Å². The van der Waals surface area contributed by atoms with Gasteiger partial charge in [-0.15, -0.1) is 0 Å². The molecule has 1 atom stereocenters. The smallest absolute Gasteiger partial charge is 0.137 e. The molecule has 0 aliphatic heterocycles. The highest BCUT2D eigenvalue weighted by molar-refractivity contribution is 9.10. The van der Waals surface area contributed by atoms with Crippen LogP contribution in [0.3, 0.4) is 0 Å². The number of ether oxygens (including phenoxy) is 1. The Kier molecular flexibility index (Phi) is 5.15. The first-order valence-corrected chi connectivity index (χ1v) is 7.18. The van der Waals surface area contributed by atoms with Crippen LogP contribution in [-0.2, 0) is 6.42 Å². The average molecular weight is 338 g/mol. The molecule has 0 aliphatic rings. The van der Waals surface area contributed by atoms with Crippen LogP contribution in [0.5, 0.6) is 5.75 Å². The molecule has 1 N–H and O–H groups in total. The lowest BCUT2D eigenvalue weighted by Crippen LogP contribution is -2.18. The van der Waals surface area contributed by atoms with Crippen molar-refractivity contribution in [2.45, 2.75) is 12.5 Å². The third-order valence-corrected chi connectivity index (χ3v) is 3.90. The zero-order valence-electron chi connectivity index (χ0n) is 11.5. The van der Waals surface area contributed by atoms with Crippen molar-refractivity contribution < 1.29 is 9.13 Å².